The monoisotopic (exact) mass is 341 g/mol. The number of carbonyl (C=O) groups excluding carboxylic acids is 1. The molecule has 1 fully saturated rings. The van der Waals surface area contributed by atoms with Crippen LogP contribution in [0.3, 0.4) is 0 Å². The topological polar surface area (TPSA) is 74.7 Å². The molecule has 0 radical (unpaired) electrons. The summed E-state index contributed by atoms with van der Waals surface area (Å²) in [7, 11) is 0. The standard InChI is InChI=1S/C16H27N3O3S/c1-12-10-23-14(18-12)13-9-19(7-8-22-13)15(21)17-6-4-5-16(2,3)11-20/h10,13,20H,4-9,11H2,1-3H3,(H,17,21). The van der Waals surface area contributed by atoms with Gasteiger partial charge in [-0.25, -0.2) is 9.78 Å². The van der Waals surface area contributed by atoms with Crippen LogP contribution < -0.4 is 5.32 Å². The van der Waals surface area contributed by atoms with E-state index in [-0.39, 0.29) is 24.2 Å². The fourth-order valence-electron chi connectivity index (χ4n) is 2.46. The van der Waals surface area contributed by atoms with E-state index in [1.807, 2.05) is 26.2 Å². The molecule has 2 amide bonds. The zero-order valence-electron chi connectivity index (χ0n) is 14.2. The molecule has 2 heterocycles. The molecule has 1 aliphatic heterocycles. The number of aromatic nitrogens is 1. The Morgan fingerprint density at radius 1 is 1.61 bits per heavy atom. The Hall–Kier alpha value is -1.18. The summed E-state index contributed by atoms with van der Waals surface area (Å²) in [6.07, 6.45) is 1.62. The third-order valence-electron chi connectivity index (χ3n) is 4.00. The summed E-state index contributed by atoms with van der Waals surface area (Å²) in [5.41, 5.74) is 0.902. The Bertz CT molecular complexity index is 518. The predicted octanol–water partition coefficient (Wildman–Crippen LogP) is 2.33. The van der Waals surface area contributed by atoms with E-state index < -0.39 is 0 Å². The number of aliphatic hydroxyl groups is 1. The van der Waals surface area contributed by atoms with E-state index in [1.54, 1.807) is 16.2 Å². The molecule has 6 nitrogen and oxygen atoms in total. The predicted molar refractivity (Wildman–Crippen MR) is 90.6 cm³/mol. The summed E-state index contributed by atoms with van der Waals surface area (Å²) in [6.45, 7) is 8.49. The second kappa shape index (κ2) is 8.08. The van der Waals surface area contributed by atoms with Gasteiger partial charge in [-0.05, 0) is 25.2 Å². The first-order valence-electron chi connectivity index (χ1n) is 8.08. The fourth-order valence-corrected chi connectivity index (χ4v) is 3.29. The van der Waals surface area contributed by atoms with Gasteiger partial charge in [0.2, 0.25) is 0 Å². The Morgan fingerprint density at radius 2 is 2.39 bits per heavy atom. The van der Waals surface area contributed by atoms with E-state index in [0.717, 1.165) is 23.5 Å². The van der Waals surface area contributed by atoms with Gasteiger partial charge in [-0.3, -0.25) is 0 Å². The summed E-state index contributed by atoms with van der Waals surface area (Å²) in [5, 5.41) is 15.1. The first kappa shape index (κ1) is 18.2. The van der Waals surface area contributed by atoms with Crippen LogP contribution in [0, 0.1) is 12.3 Å². The zero-order chi connectivity index (χ0) is 16.9. The molecule has 2 rings (SSSR count). The van der Waals surface area contributed by atoms with Gasteiger partial charge in [0.25, 0.3) is 0 Å². The van der Waals surface area contributed by atoms with Crippen LogP contribution in [0.25, 0.3) is 0 Å². The summed E-state index contributed by atoms with van der Waals surface area (Å²) >= 11 is 1.58. The molecular weight excluding hydrogens is 314 g/mol. The van der Waals surface area contributed by atoms with Gasteiger partial charge in [0.15, 0.2) is 0 Å². The molecule has 1 aliphatic rings. The number of morpholine rings is 1. The highest BCUT2D eigenvalue weighted by Crippen LogP contribution is 2.25. The molecule has 0 bridgehead atoms. The molecule has 0 saturated carbocycles. The smallest absolute Gasteiger partial charge is 0.317 e. The third-order valence-corrected chi connectivity index (χ3v) is 5.06. The zero-order valence-corrected chi connectivity index (χ0v) is 15.0. The van der Waals surface area contributed by atoms with E-state index in [0.29, 0.717) is 26.2 Å². The first-order chi connectivity index (χ1) is 10.9. The van der Waals surface area contributed by atoms with Crippen LogP contribution in [0.5, 0.6) is 0 Å². The van der Waals surface area contributed by atoms with Crippen molar-refractivity contribution < 1.29 is 14.6 Å². The number of ether oxygens (including phenoxy) is 1. The van der Waals surface area contributed by atoms with Gasteiger partial charge in [-0.15, -0.1) is 11.3 Å². The van der Waals surface area contributed by atoms with Gasteiger partial charge < -0.3 is 20.1 Å². The molecule has 130 valence electrons. The number of rotatable bonds is 6. The SMILES string of the molecule is Cc1csc(C2CN(C(=O)NCCCC(C)(C)CO)CCO2)n1. The highest BCUT2D eigenvalue weighted by molar-refractivity contribution is 7.09. The van der Waals surface area contributed by atoms with E-state index in [4.69, 9.17) is 4.74 Å². The fraction of sp³-hybridized carbons (Fsp3) is 0.750. The normalized spacial score (nSPS) is 19.0. The van der Waals surface area contributed by atoms with Gasteiger partial charge in [0.05, 0.1) is 13.2 Å². The van der Waals surface area contributed by atoms with Crippen LogP contribution in [-0.2, 0) is 4.74 Å². The molecule has 2 N–H and O–H groups in total. The van der Waals surface area contributed by atoms with Crippen molar-refractivity contribution in [1.82, 2.24) is 15.2 Å². The first-order valence-corrected chi connectivity index (χ1v) is 8.96. The number of nitrogens with one attached hydrogen (secondary N) is 1. The van der Waals surface area contributed by atoms with E-state index in [9.17, 15) is 9.90 Å². The van der Waals surface area contributed by atoms with Crippen molar-refractivity contribution in [3.8, 4) is 0 Å². The van der Waals surface area contributed by atoms with Crippen LogP contribution in [-0.4, -0.2) is 53.9 Å². The summed E-state index contributed by atoms with van der Waals surface area (Å²) in [6, 6.07) is -0.0478. The maximum absolute atomic E-state index is 12.3. The number of aryl methyl sites for hydroxylation is 1. The molecular formula is C16H27N3O3S. The molecule has 0 aliphatic carbocycles. The van der Waals surface area contributed by atoms with Crippen molar-refractivity contribution in [2.24, 2.45) is 5.41 Å². The summed E-state index contributed by atoms with van der Waals surface area (Å²) in [4.78, 5) is 18.5. The Balaban J connectivity index is 1.76. The lowest BCUT2D eigenvalue weighted by atomic mass is 9.89. The third kappa shape index (κ3) is 5.44. The van der Waals surface area contributed by atoms with Gasteiger partial charge in [-0.2, -0.15) is 0 Å². The number of aliphatic hydroxyl groups excluding tert-OH is 1. The quantitative estimate of drug-likeness (QED) is 0.779. The molecule has 0 spiro atoms. The molecule has 23 heavy (non-hydrogen) atoms. The highest BCUT2D eigenvalue weighted by Gasteiger charge is 2.27. The van der Waals surface area contributed by atoms with Crippen LogP contribution in [0.15, 0.2) is 5.38 Å². The van der Waals surface area contributed by atoms with Gasteiger partial charge in [0, 0.05) is 30.8 Å². The highest BCUT2D eigenvalue weighted by atomic mass is 32.1. The maximum atomic E-state index is 12.3. The van der Waals surface area contributed by atoms with Crippen molar-refractivity contribution in [3.63, 3.8) is 0 Å². The number of hydrogen-bond donors (Lipinski definition) is 2. The minimum absolute atomic E-state index is 0.0478. The molecule has 1 atom stereocenters. The number of nitrogens with zero attached hydrogens (tertiary/aromatic N) is 2. The van der Waals surface area contributed by atoms with E-state index in [1.165, 1.54) is 0 Å². The van der Waals surface area contributed by atoms with Crippen molar-refractivity contribution >= 4 is 17.4 Å². The Kier molecular flexibility index (Phi) is 6.38. The van der Waals surface area contributed by atoms with Crippen molar-refractivity contribution in [3.05, 3.63) is 16.1 Å². The maximum Gasteiger partial charge on any atom is 0.317 e. The van der Waals surface area contributed by atoms with Crippen LogP contribution in [0.4, 0.5) is 4.79 Å². The number of amides is 2. The van der Waals surface area contributed by atoms with Gasteiger partial charge in [-0.1, -0.05) is 13.8 Å². The van der Waals surface area contributed by atoms with Crippen molar-refractivity contribution in [2.75, 3.05) is 32.8 Å². The molecule has 1 aromatic rings. The van der Waals surface area contributed by atoms with Crippen molar-refractivity contribution in [2.45, 2.75) is 39.7 Å². The van der Waals surface area contributed by atoms with Gasteiger partial charge in [0.1, 0.15) is 11.1 Å². The van der Waals surface area contributed by atoms with Gasteiger partial charge >= 0.3 is 6.03 Å². The second-order valence-corrected chi connectivity index (χ2v) is 7.68. The lowest BCUT2D eigenvalue weighted by Gasteiger charge is -2.32. The largest absolute Gasteiger partial charge is 0.396 e. The molecule has 0 aromatic carbocycles. The van der Waals surface area contributed by atoms with Crippen LogP contribution in [0.2, 0.25) is 0 Å². The lowest BCUT2D eigenvalue weighted by Crippen LogP contribution is -2.47. The van der Waals surface area contributed by atoms with Crippen LogP contribution >= 0.6 is 11.3 Å². The second-order valence-electron chi connectivity index (χ2n) is 6.79. The molecule has 1 unspecified atom stereocenters. The van der Waals surface area contributed by atoms with Crippen molar-refractivity contribution in [1.29, 1.82) is 0 Å². The average molecular weight is 341 g/mol. The molecule has 1 aromatic heterocycles. The lowest BCUT2D eigenvalue weighted by molar-refractivity contribution is -0.0155. The number of urea groups is 1. The van der Waals surface area contributed by atoms with E-state index in [2.05, 4.69) is 10.3 Å². The molecule has 7 heteroatoms. The summed E-state index contributed by atoms with van der Waals surface area (Å²) in [5.74, 6) is 0. The van der Waals surface area contributed by atoms with Crippen LogP contribution in [0.1, 0.15) is 43.5 Å². The Labute approximate surface area is 141 Å². The minimum Gasteiger partial charge on any atom is -0.396 e. The average Bonchev–Trinajstić information content (AvgIpc) is 2.98. The molecule has 1 saturated heterocycles. The van der Waals surface area contributed by atoms with E-state index >= 15 is 0 Å². The number of hydrogen-bond acceptors (Lipinski definition) is 5. The number of carbonyl (C=O) groups is 1. The summed E-state index contributed by atoms with van der Waals surface area (Å²) < 4.78 is 5.74. The number of thiazole rings is 1. The minimum atomic E-state index is -0.124. The Morgan fingerprint density at radius 3 is 3.04 bits per heavy atom.